The third kappa shape index (κ3) is 4.70. The molecule has 10 heteroatoms. The molecule has 4 heterocycles. The zero-order chi connectivity index (χ0) is 24.2. The maximum absolute atomic E-state index is 13.8. The number of anilines is 1. The molecule has 182 valence electrons. The van der Waals surface area contributed by atoms with Crippen LogP contribution in [0.25, 0.3) is 10.2 Å². The van der Waals surface area contributed by atoms with E-state index in [1.165, 1.54) is 12.4 Å². The Morgan fingerprint density at radius 1 is 1.27 bits per heavy atom. The maximum atomic E-state index is 13.8. The molecule has 2 fully saturated rings. The van der Waals surface area contributed by atoms with Crippen LogP contribution in [0.5, 0.6) is 0 Å². The number of halogens is 3. The number of likely N-dealkylation sites (tertiary alicyclic amines) is 1. The number of nitrogens with one attached hydrogen (secondary N) is 1. The van der Waals surface area contributed by atoms with E-state index in [0.29, 0.717) is 19.6 Å². The van der Waals surface area contributed by atoms with Crippen molar-refractivity contribution in [3.63, 3.8) is 0 Å². The largest absolute Gasteiger partial charge is 0.417 e. The van der Waals surface area contributed by atoms with Gasteiger partial charge in [0.2, 0.25) is 0 Å². The van der Waals surface area contributed by atoms with Crippen molar-refractivity contribution >= 4 is 33.3 Å². The van der Waals surface area contributed by atoms with Crippen molar-refractivity contribution in [3.05, 3.63) is 22.6 Å². The maximum Gasteiger partial charge on any atom is 0.417 e. The number of β-amino-alcohol motifs (C(OH)–C–C–N with tert-alkyl or cyclic N) is 1. The van der Waals surface area contributed by atoms with Gasteiger partial charge >= 0.3 is 6.18 Å². The molecule has 0 aromatic carbocycles. The van der Waals surface area contributed by atoms with Crippen LogP contribution < -0.4 is 10.2 Å². The molecule has 2 aliphatic heterocycles. The number of pyridine rings is 1. The average Bonchev–Trinajstić information content (AvgIpc) is 3.14. The fourth-order valence-corrected chi connectivity index (χ4v) is 5.76. The van der Waals surface area contributed by atoms with E-state index in [0.717, 1.165) is 43.3 Å². The predicted octanol–water partition coefficient (Wildman–Crippen LogP) is 3.98. The van der Waals surface area contributed by atoms with Gasteiger partial charge in [-0.1, -0.05) is 20.8 Å². The highest BCUT2D eigenvalue weighted by Gasteiger charge is 2.46. The number of aromatic nitrogens is 1. The summed E-state index contributed by atoms with van der Waals surface area (Å²) in [5, 5.41) is 14.3. The van der Waals surface area contributed by atoms with Gasteiger partial charge in [-0.2, -0.15) is 13.2 Å². The van der Waals surface area contributed by atoms with Gasteiger partial charge in [-0.3, -0.25) is 9.69 Å². The summed E-state index contributed by atoms with van der Waals surface area (Å²) in [6, 6.07) is 1.12. The molecule has 1 unspecified atom stereocenters. The fourth-order valence-electron chi connectivity index (χ4n) is 4.74. The van der Waals surface area contributed by atoms with Crippen molar-refractivity contribution in [1.82, 2.24) is 15.2 Å². The Labute approximate surface area is 195 Å². The highest BCUT2D eigenvalue weighted by molar-refractivity contribution is 7.17. The standard InChI is InChI=1S/C23H31F3N4O2S/c1-21(2,3)16(31)10-29-12-22(13-29)5-7-30(8-6-22)17-9-15(23(24,25)26)19-18(28-17)14(11-33-19)20(32)27-4/h9,11,16,31H,5-8,10,12-13H2,1-4H3,(H,27,32). The predicted molar refractivity (Wildman–Crippen MR) is 124 cm³/mol. The molecule has 2 N–H and O–H groups in total. The van der Waals surface area contributed by atoms with Crippen LogP contribution in [0.15, 0.2) is 11.4 Å². The van der Waals surface area contributed by atoms with Crippen molar-refractivity contribution in [2.75, 3.05) is 44.7 Å². The third-order valence-corrected chi connectivity index (χ3v) is 7.99. The van der Waals surface area contributed by atoms with Gasteiger partial charge in [0.15, 0.2) is 0 Å². The molecule has 4 rings (SSSR count). The van der Waals surface area contributed by atoms with Crippen LogP contribution in [-0.2, 0) is 6.18 Å². The Morgan fingerprint density at radius 3 is 2.45 bits per heavy atom. The van der Waals surface area contributed by atoms with Crippen LogP contribution in [0.3, 0.4) is 0 Å². The number of amides is 1. The van der Waals surface area contributed by atoms with E-state index < -0.39 is 23.8 Å². The molecule has 0 aliphatic carbocycles. The van der Waals surface area contributed by atoms with Gasteiger partial charge in [0.05, 0.1) is 27.4 Å². The van der Waals surface area contributed by atoms with E-state index in [1.54, 1.807) is 0 Å². The van der Waals surface area contributed by atoms with Gasteiger partial charge in [0, 0.05) is 45.2 Å². The molecule has 33 heavy (non-hydrogen) atoms. The summed E-state index contributed by atoms with van der Waals surface area (Å²) in [5.41, 5.74) is -0.475. The highest BCUT2D eigenvalue weighted by atomic mass is 32.1. The lowest BCUT2D eigenvalue weighted by molar-refractivity contribution is -0.136. The first-order chi connectivity index (χ1) is 15.3. The van der Waals surface area contributed by atoms with E-state index >= 15 is 0 Å². The molecule has 0 radical (unpaired) electrons. The molecule has 2 aliphatic rings. The van der Waals surface area contributed by atoms with Gasteiger partial charge in [0.25, 0.3) is 5.91 Å². The highest BCUT2D eigenvalue weighted by Crippen LogP contribution is 2.44. The second kappa shape index (κ2) is 8.39. The first-order valence-corrected chi connectivity index (χ1v) is 12.1. The first kappa shape index (κ1) is 24.2. The minimum Gasteiger partial charge on any atom is -0.391 e. The molecular weight excluding hydrogens is 453 g/mol. The number of carbonyl (C=O) groups is 1. The molecule has 1 atom stereocenters. The van der Waals surface area contributed by atoms with E-state index in [2.05, 4.69) is 15.2 Å². The second-order valence-corrected chi connectivity index (χ2v) is 11.4. The minimum atomic E-state index is -4.53. The number of aliphatic hydroxyl groups excluding tert-OH is 1. The number of thiophene rings is 1. The summed E-state index contributed by atoms with van der Waals surface area (Å²) < 4.78 is 41.4. The van der Waals surface area contributed by atoms with Gasteiger partial charge in [0.1, 0.15) is 5.82 Å². The minimum absolute atomic E-state index is 0.00892. The van der Waals surface area contributed by atoms with E-state index in [-0.39, 0.29) is 32.4 Å². The van der Waals surface area contributed by atoms with Gasteiger partial charge in [-0.15, -0.1) is 11.3 Å². The second-order valence-electron chi connectivity index (χ2n) is 10.5. The van der Waals surface area contributed by atoms with E-state index in [9.17, 15) is 23.1 Å². The lowest BCUT2D eigenvalue weighted by Gasteiger charge is -2.55. The van der Waals surface area contributed by atoms with Crippen molar-refractivity contribution < 1.29 is 23.1 Å². The van der Waals surface area contributed by atoms with Gasteiger partial charge in [-0.25, -0.2) is 4.98 Å². The topological polar surface area (TPSA) is 68.7 Å². The Morgan fingerprint density at radius 2 is 1.91 bits per heavy atom. The molecule has 0 bridgehead atoms. The quantitative estimate of drug-likeness (QED) is 0.687. The summed E-state index contributed by atoms with van der Waals surface area (Å²) in [4.78, 5) is 20.8. The molecular formula is C23H31F3N4O2S. The number of piperidine rings is 1. The Bertz CT molecular complexity index is 1030. The van der Waals surface area contributed by atoms with Crippen LogP contribution in [0.1, 0.15) is 49.5 Å². The zero-order valence-corrected chi connectivity index (χ0v) is 20.2. The monoisotopic (exact) mass is 484 g/mol. The third-order valence-electron chi connectivity index (χ3n) is 6.98. The number of alkyl halides is 3. The van der Waals surface area contributed by atoms with Crippen LogP contribution in [-0.4, -0.2) is 66.8 Å². The molecule has 2 saturated heterocycles. The summed E-state index contributed by atoms with van der Waals surface area (Å²) in [7, 11) is 1.45. The van der Waals surface area contributed by atoms with Crippen molar-refractivity contribution in [2.24, 2.45) is 10.8 Å². The van der Waals surface area contributed by atoms with Crippen molar-refractivity contribution in [3.8, 4) is 0 Å². The summed E-state index contributed by atoms with van der Waals surface area (Å²) >= 11 is 0.898. The lowest BCUT2D eigenvalue weighted by atomic mass is 9.71. The van der Waals surface area contributed by atoms with Crippen LogP contribution in [0.4, 0.5) is 19.0 Å². The normalized spacial score (nSPS) is 20.2. The number of carbonyl (C=O) groups excluding carboxylic acids is 1. The Kier molecular flexibility index (Phi) is 6.16. The van der Waals surface area contributed by atoms with E-state index in [4.69, 9.17) is 0 Å². The molecule has 2 aromatic heterocycles. The SMILES string of the molecule is CNC(=O)c1csc2c(C(F)(F)F)cc(N3CCC4(CC3)CN(CC(O)C(C)(C)C)C4)nc12. The Hall–Kier alpha value is -1.91. The fraction of sp³-hybridized carbons (Fsp3) is 0.652. The van der Waals surface area contributed by atoms with E-state index in [1.807, 2.05) is 25.7 Å². The van der Waals surface area contributed by atoms with Gasteiger partial charge in [-0.05, 0) is 29.7 Å². The summed E-state index contributed by atoms with van der Waals surface area (Å²) in [5.74, 6) is -0.170. The number of aliphatic hydroxyl groups is 1. The molecule has 0 saturated carbocycles. The molecule has 6 nitrogen and oxygen atoms in total. The smallest absolute Gasteiger partial charge is 0.391 e. The number of hydrogen-bond donors (Lipinski definition) is 2. The van der Waals surface area contributed by atoms with Gasteiger partial charge < -0.3 is 15.3 Å². The summed E-state index contributed by atoms with van der Waals surface area (Å²) in [6.45, 7) is 9.74. The zero-order valence-electron chi connectivity index (χ0n) is 19.4. The molecule has 1 amide bonds. The van der Waals surface area contributed by atoms with Crippen LogP contribution in [0.2, 0.25) is 0 Å². The van der Waals surface area contributed by atoms with Crippen molar-refractivity contribution in [1.29, 1.82) is 0 Å². The van der Waals surface area contributed by atoms with Crippen LogP contribution >= 0.6 is 11.3 Å². The average molecular weight is 485 g/mol. The number of nitrogens with zero attached hydrogens (tertiary/aromatic N) is 3. The molecule has 2 aromatic rings. The number of fused-ring (bicyclic) bond motifs is 1. The molecule has 1 spiro atoms. The Balaban J connectivity index is 1.50. The summed E-state index contributed by atoms with van der Waals surface area (Å²) in [6.07, 6.45) is -3.20. The van der Waals surface area contributed by atoms with Crippen molar-refractivity contribution in [2.45, 2.75) is 45.9 Å². The number of hydrogen-bond acceptors (Lipinski definition) is 6. The lowest BCUT2D eigenvalue weighted by Crippen LogP contribution is -2.62. The first-order valence-electron chi connectivity index (χ1n) is 11.2. The number of rotatable bonds is 4. The van der Waals surface area contributed by atoms with Crippen LogP contribution in [0, 0.1) is 10.8 Å².